The molecule has 138 valence electrons. The number of hydrogen-bond acceptors (Lipinski definition) is 5. The average Bonchev–Trinajstić information content (AvgIpc) is 2.64. The maximum Gasteiger partial charge on any atom is 0.274 e. The first kappa shape index (κ1) is 18.5. The molecule has 8 heteroatoms. The van der Waals surface area contributed by atoms with E-state index in [9.17, 15) is 13.8 Å². The summed E-state index contributed by atoms with van der Waals surface area (Å²) in [7, 11) is -2.93. The standard InChI is InChI=1S/C19H18N4O3S/c1-27(26,16-9-7-15(20)8-10-16)22-18(24)12-23-13-21-17(11-19(23)25)14-5-3-2-4-6-14/h2-11,13H,12,20H2,1H3. The predicted molar refractivity (Wildman–Crippen MR) is 105 cm³/mol. The summed E-state index contributed by atoms with van der Waals surface area (Å²) in [5.74, 6) is -0.671. The van der Waals surface area contributed by atoms with E-state index in [0.29, 0.717) is 16.3 Å². The molecule has 27 heavy (non-hydrogen) atoms. The molecule has 0 saturated heterocycles. The van der Waals surface area contributed by atoms with Crippen LogP contribution in [0.5, 0.6) is 0 Å². The molecular weight excluding hydrogens is 364 g/mol. The fraction of sp³-hybridized carbons (Fsp3) is 0.105. The van der Waals surface area contributed by atoms with Gasteiger partial charge in [-0.2, -0.15) is 4.36 Å². The quantitative estimate of drug-likeness (QED) is 0.696. The zero-order valence-corrected chi connectivity index (χ0v) is 15.4. The highest BCUT2D eigenvalue weighted by Gasteiger charge is 2.11. The van der Waals surface area contributed by atoms with E-state index in [1.54, 1.807) is 24.3 Å². The summed E-state index contributed by atoms with van der Waals surface area (Å²) in [6, 6.07) is 16.9. The molecular formula is C19H18N4O3S. The molecule has 1 unspecified atom stereocenters. The Kier molecular flexibility index (Phi) is 5.18. The van der Waals surface area contributed by atoms with Crippen LogP contribution in [0.1, 0.15) is 0 Å². The summed E-state index contributed by atoms with van der Waals surface area (Å²) in [5, 5.41) is 0. The number of aromatic nitrogens is 2. The second-order valence-electron chi connectivity index (χ2n) is 5.96. The number of nitrogens with zero attached hydrogens (tertiary/aromatic N) is 3. The lowest BCUT2D eigenvalue weighted by molar-refractivity contribution is -0.118. The van der Waals surface area contributed by atoms with Crippen molar-refractivity contribution in [3.05, 3.63) is 77.3 Å². The molecule has 0 saturated carbocycles. The Morgan fingerprint density at radius 3 is 2.44 bits per heavy atom. The second-order valence-corrected chi connectivity index (χ2v) is 8.22. The van der Waals surface area contributed by atoms with Crippen LogP contribution < -0.4 is 11.3 Å². The smallest absolute Gasteiger partial charge is 0.274 e. The van der Waals surface area contributed by atoms with Gasteiger partial charge in [-0.15, -0.1) is 0 Å². The second kappa shape index (κ2) is 7.55. The van der Waals surface area contributed by atoms with Crippen molar-refractivity contribution in [3.8, 4) is 11.3 Å². The van der Waals surface area contributed by atoms with Crippen LogP contribution in [0.15, 0.2) is 81.0 Å². The summed E-state index contributed by atoms with van der Waals surface area (Å²) in [5.41, 5.74) is 7.07. The monoisotopic (exact) mass is 382 g/mol. The first-order valence-electron chi connectivity index (χ1n) is 8.07. The van der Waals surface area contributed by atoms with E-state index in [4.69, 9.17) is 5.73 Å². The first-order valence-corrected chi connectivity index (χ1v) is 10.00. The van der Waals surface area contributed by atoms with Crippen LogP contribution in [0.4, 0.5) is 5.69 Å². The van der Waals surface area contributed by atoms with Crippen LogP contribution in [-0.2, 0) is 21.1 Å². The summed E-state index contributed by atoms with van der Waals surface area (Å²) in [6.45, 7) is -0.333. The molecule has 3 aromatic rings. The fourth-order valence-corrected chi connectivity index (χ4v) is 3.65. The van der Waals surface area contributed by atoms with Crippen molar-refractivity contribution >= 4 is 21.3 Å². The van der Waals surface area contributed by atoms with Crippen LogP contribution in [0.2, 0.25) is 0 Å². The van der Waals surface area contributed by atoms with E-state index >= 15 is 0 Å². The van der Waals surface area contributed by atoms with Crippen LogP contribution in [0.25, 0.3) is 11.3 Å². The Hall–Kier alpha value is -3.26. The molecule has 3 rings (SSSR count). The lowest BCUT2D eigenvalue weighted by atomic mass is 10.1. The summed E-state index contributed by atoms with van der Waals surface area (Å²) < 4.78 is 17.6. The minimum atomic E-state index is -2.93. The van der Waals surface area contributed by atoms with Gasteiger partial charge in [-0.3, -0.25) is 14.2 Å². The molecule has 2 N–H and O–H groups in total. The van der Waals surface area contributed by atoms with Gasteiger partial charge in [0.05, 0.1) is 21.8 Å². The van der Waals surface area contributed by atoms with Crippen molar-refractivity contribution in [1.82, 2.24) is 9.55 Å². The Morgan fingerprint density at radius 2 is 1.81 bits per heavy atom. The van der Waals surface area contributed by atoms with E-state index < -0.39 is 15.6 Å². The molecule has 0 bridgehead atoms. The van der Waals surface area contributed by atoms with Crippen molar-refractivity contribution < 1.29 is 9.00 Å². The molecule has 1 atom stereocenters. The van der Waals surface area contributed by atoms with Gasteiger partial charge in [0.1, 0.15) is 6.54 Å². The minimum Gasteiger partial charge on any atom is -0.399 e. The van der Waals surface area contributed by atoms with Crippen LogP contribution in [0.3, 0.4) is 0 Å². The van der Waals surface area contributed by atoms with E-state index in [-0.39, 0.29) is 12.1 Å². The highest BCUT2D eigenvalue weighted by Crippen LogP contribution is 2.15. The van der Waals surface area contributed by atoms with Gasteiger partial charge in [0.15, 0.2) is 0 Å². The molecule has 0 aliphatic rings. The number of hydrogen-bond donors (Lipinski definition) is 1. The van der Waals surface area contributed by atoms with Crippen molar-refractivity contribution in [3.63, 3.8) is 0 Å². The van der Waals surface area contributed by atoms with Gasteiger partial charge < -0.3 is 5.73 Å². The number of amides is 1. The number of nitrogen functional groups attached to an aromatic ring is 1. The molecule has 0 aliphatic heterocycles. The van der Waals surface area contributed by atoms with Crippen molar-refractivity contribution in [2.75, 3.05) is 12.0 Å². The predicted octanol–water partition coefficient (Wildman–Crippen LogP) is 2.18. The third-order valence-corrected chi connectivity index (χ3v) is 5.55. The van der Waals surface area contributed by atoms with E-state index in [0.717, 1.165) is 10.1 Å². The Bertz CT molecular complexity index is 1150. The zero-order chi connectivity index (χ0) is 19.4. The lowest BCUT2D eigenvalue weighted by Gasteiger charge is -2.06. The van der Waals surface area contributed by atoms with Crippen molar-refractivity contribution in [1.29, 1.82) is 0 Å². The number of benzene rings is 2. The van der Waals surface area contributed by atoms with E-state index in [1.807, 2.05) is 30.3 Å². The molecule has 0 fully saturated rings. The number of nitrogens with two attached hydrogens (primary N) is 1. The van der Waals surface area contributed by atoms with E-state index in [1.165, 1.54) is 18.6 Å². The Morgan fingerprint density at radius 1 is 1.15 bits per heavy atom. The average molecular weight is 382 g/mol. The molecule has 1 amide bonds. The maximum atomic E-state index is 12.7. The number of carbonyl (C=O) groups excluding carboxylic acids is 1. The van der Waals surface area contributed by atoms with Gasteiger partial charge in [0, 0.05) is 28.5 Å². The molecule has 0 aliphatic carbocycles. The highest BCUT2D eigenvalue weighted by molar-refractivity contribution is 7.93. The molecule has 0 spiro atoms. The molecule has 7 nitrogen and oxygen atoms in total. The van der Waals surface area contributed by atoms with Crippen molar-refractivity contribution in [2.24, 2.45) is 4.36 Å². The summed E-state index contributed by atoms with van der Waals surface area (Å²) in [6.07, 6.45) is 2.66. The van der Waals surface area contributed by atoms with Gasteiger partial charge in [0.2, 0.25) is 0 Å². The fourth-order valence-electron chi connectivity index (χ4n) is 2.45. The lowest BCUT2D eigenvalue weighted by Crippen LogP contribution is -2.23. The Labute approximate surface area is 156 Å². The van der Waals surface area contributed by atoms with Crippen molar-refractivity contribution in [2.45, 2.75) is 11.4 Å². The van der Waals surface area contributed by atoms with Gasteiger partial charge in [0.25, 0.3) is 11.5 Å². The molecule has 2 aromatic carbocycles. The number of carbonyl (C=O) groups is 1. The summed E-state index contributed by atoms with van der Waals surface area (Å²) >= 11 is 0. The SMILES string of the molecule is CS(=O)(=NC(=O)Cn1cnc(-c2ccccc2)cc1=O)c1ccc(N)cc1. The molecule has 0 radical (unpaired) electrons. The van der Waals surface area contributed by atoms with Crippen LogP contribution >= 0.6 is 0 Å². The minimum absolute atomic E-state index is 0.333. The largest absolute Gasteiger partial charge is 0.399 e. The first-order chi connectivity index (χ1) is 12.8. The van der Waals surface area contributed by atoms with Crippen LogP contribution in [-0.4, -0.2) is 25.9 Å². The third-order valence-electron chi connectivity index (χ3n) is 3.85. The van der Waals surface area contributed by atoms with E-state index in [2.05, 4.69) is 9.35 Å². The normalized spacial score (nSPS) is 12.9. The third kappa shape index (κ3) is 4.48. The summed E-state index contributed by atoms with van der Waals surface area (Å²) in [4.78, 5) is 29.1. The van der Waals surface area contributed by atoms with Gasteiger partial charge in [-0.05, 0) is 24.3 Å². The molecule has 1 heterocycles. The van der Waals surface area contributed by atoms with Gasteiger partial charge in [-0.1, -0.05) is 30.3 Å². The van der Waals surface area contributed by atoms with Crippen LogP contribution in [0, 0.1) is 0 Å². The molecule has 1 aromatic heterocycles. The number of anilines is 1. The number of rotatable bonds is 4. The van der Waals surface area contributed by atoms with Gasteiger partial charge in [-0.25, -0.2) is 9.19 Å². The topological polar surface area (TPSA) is 107 Å². The Balaban J connectivity index is 1.83. The highest BCUT2D eigenvalue weighted by atomic mass is 32.2. The maximum absolute atomic E-state index is 12.7. The van der Waals surface area contributed by atoms with Gasteiger partial charge >= 0.3 is 0 Å². The zero-order valence-electron chi connectivity index (χ0n) is 14.6.